The number of unbranched alkanes of at least 4 members (excludes halogenated alkanes) is 1. The van der Waals surface area contributed by atoms with Gasteiger partial charge in [-0.25, -0.2) is 4.79 Å². The van der Waals surface area contributed by atoms with Crippen LogP contribution in [0.1, 0.15) is 77.0 Å². The number of rotatable bonds is 13. The molecule has 5 heteroatoms. The van der Waals surface area contributed by atoms with Crippen LogP contribution in [0.4, 0.5) is 5.69 Å². The Morgan fingerprint density at radius 1 is 0.778 bits per heavy atom. The summed E-state index contributed by atoms with van der Waals surface area (Å²) in [6.07, 6.45) is 4.64. The summed E-state index contributed by atoms with van der Waals surface area (Å²) in [6.45, 7) is 5.44. The first-order valence-electron chi connectivity index (χ1n) is 12.7. The van der Waals surface area contributed by atoms with Gasteiger partial charge >= 0.3 is 5.97 Å². The number of hydrogen-bond acceptors (Lipinski definition) is 5. The van der Waals surface area contributed by atoms with E-state index in [1.807, 2.05) is 18.2 Å². The molecule has 36 heavy (non-hydrogen) atoms. The molecule has 0 fully saturated rings. The van der Waals surface area contributed by atoms with Crippen LogP contribution in [-0.2, 0) is 0 Å². The third-order valence-corrected chi connectivity index (χ3v) is 6.42. The lowest BCUT2D eigenvalue weighted by Gasteiger charge is -2.25. The molecule has 3 rings (SSSR count). The molecule has 0 N–H and O–H groups in total. The zero-order valence-corrected chi connectivity index (χ0v) is 21.4. The molecule has 0 aliphatic carbocycles. The van der Waals surface area contributed by atoms with Gasteiger partial charge in [-0.3, -0.25) is 9.59 Å². The highest BCUT2D eigenvalue weighted by Crippen LogP contribution is 2.21. The van der Waals surface area contributed by atoms with Gasteiger partial charge in [-0.2, -0.15) is 0 Å². The Morgan fingerprint density at radius 3 is 1.94 bits per heavy atom. The second-order valence-electron chi connectivity index (χ2n) is 9.15. The molecule has 1 unspecified atom stereocenters. The van der Waals surface area contributed by atoms with Crippen LogP contribution in [0.5, 0.6) is 5.75 Å². The normalized spacial score (nSPS) is 11.5. The van der Waals surface area contributed by atoms with Gasteiger partial charge in [0.25, 0.3) is 0 Å². The molecule has 5 nitrogen and oxygen atoms in total. The zero-order valence-electron chi connectivity index (χ0n) is 21.4. The second-order valence-corrected chi connectivity index (χ2v) is 9.15. The number of ketones is 2. The Labute approximate surface area is 214 Å². The van der Waals surface area contributed by atoms with Crippen LogP contribution >= 0.6 is 0 Å². The highest BCUT2D eigenvalue weighted by atomic mass is 16.5. The molecule has 0 radical (unpaired) electrons. The average Bonchev–Trinajstić information content (AvgIpc) is 2.91. The van der Waals surface area contributed by atoms with Crippen molar-refractivity contribution in [2.24, 2.45) is 5.92 Å². The third-order valence-electron chi connectivity index (χ3n) is 6.42. The molecular formula is C31H35NO4. The monoisotopic (exact) mass is 485 g/mol. The van der Waals surface area contributed by atoms with E-state index in [0.29, 0.717) is 28.4 Å². The summed E-state index contributed by atoms with van der Waals surface area (Å²) in [4.78, 5) is 39.6. The van der Waals surface area contributed by atoms with E-state index in [0.717, 1.165) is 18.7 Å². The number of carbonyl (C=O) groups excluding carboxylic acids is 3. The molecule has 3 aromatic rings. The van der Waals surface area contributed by atoms with Gasteiger partial charge in [0.2, 0.25) is 0 Å². The van der Waals surface area contributed by atoms with Crippen LogP contribution in [0.15, 0.2) is 78.9 Å². The van der Waals surface area contributed by atoms with Crippen LogP contribution in [-0.4, -0.2) is 31.1 Å². The first kappa shape index (κ1) is 26.9. The summed E-state index contributed by atoms with van der Waals surface area (Å²) in [7, 11) is 2.08. The van der Waals surface area contributed by atoms with Crippen molar-refractivity contribution in [2.75, 3.05) is 18.5 Å². The van der Waals surface area contributed by atoms with Gasteiger partial charge in [-0.1, -0.05) is 63.4 Å². The van der Waals surface area contributed by atoms with E-state index in [2.05, 4.69) is 25.8 Å². The Morgan fingerprint density at radius 2 is 1.36 bits per heavy atom. The number of carbonyl (C=O) groups is 3. The van der Waals surface area contributed by atoms with Gasteiger partial charge < -0.3 is 9.64 Å². The van der Waals surface area contributed by atoms with Crippen LogP contribution in [0.3, 0.4) is 0 Å². The molecule has 3 aromatic carbocycles. The standard InChI is InChI=1S/C31H35NO4/c1-4-6-10-23(5-2)22-32(3)27-17-13-26(14-18-27)31(35)36-28-19-15-25(16-20-28)30(34)21-29(33)24-11-8-7-9-12-24/h7-9,11-20,23H,4-6,10,21-22H2,1-3H3. The van der Waals surface area contributed by atoms with Crippen molar-refractivity contribution in [1.82, 2.24) is 0 Å². The van der Waals surface area contributed by atoms with Crippen molar-refractivity contribution in [3.8, 4) is 5.75 Å². The first-order valence-corrected chi connectivity index (χ1v) is 12.7. The summed E-state index contributed by atoms with van der Waals surface area (Å²) in [5.41, 5.74) is 2.43. The van der Waals surface area contributed by atoms with Gasteiger partial charge in [-0.05, 0) is 60.9 Å². The highest BCUT2D eigenvalue weighted by molar-refractivity contribution is 6.13. The van der Waals surface area contributed by atoms with Gasteiger partial charge in [0.1, 0.15) is 5.75 Å². The fourth-order valence-corrected chi connectivity index (χ4v) is 4.11. The Hall–Kier alpha value is -3.73. The predicted octanol–water partition coefficient (Wildman–Crippen LogP) is 7.01. The van der Waals surface area contributed by atoms with Crippen molar-refractivity contribution in [3.63, 3.8) is 0 Å². The molecule has 0 heterocycles. The zero-order chi connectivity index (χ0) is 25.9. The van der Waals surface area contributed by atoms with Crippen molar-refractivity contribution < 1.29 is 19.1 Å². The Kier molecular flexibility index (Phi) is 9.99. The molecule has 0 saturated carbocycles. The lowest BCUT2D eigenvalue weighted by atomic mass is 9.98. The fourth-order valence-electron chi connectivity index (χ4n) is 4.11. The SMILES string of the molecule is CCCCC(CC)CN(C)c1ccc(C(=O)Oc2ccc(C(=O)CC(=O)c3ccccc3)cc2)cc1. The quantitative estimate of drug-likeness (QED) is 0.113. The number of nitrogens with zero attached hydrogens (tertiary/aromatic N) is 1. The Bertz CT molecular complexity index is 1140. The molecular weight excluding hydrogens is 450 g/mol. The van der Waals surface area contributed by atoms with Gasteiger partial charge in [-0.15, -0.1) is 0 Å². The molecule has 0 aromatic heterocycles. The van der Waals surface area contributed by atoms with Crippen LogP contribution in [0, 0.1) is 5.92 Å². The third kappa shape index (κ3) is 7.64. The minimum atomic E-state index is -0.461. The van der Waals surface area contributed by atoms with E-state index in [-0.39, 0.29) is 18.0 Å². The Balaban J connectivity index is 1.55. The maximum Gasteiger partial charge on any atom is 0.343 e. The van der Waals surface area contributed by atoms with Crippen molar-refractivity contribution >= 4 is 23.2 Å². The highest BCUT2D eigenvalue weighted by Gasteiger charge is 2.15. The van der Waals surface area contributed by atoms with E-state index in [1.54, 1.807) is 60.7 Å². The van der Waals surface area contributed by atoms with E-state index in [4.69, 9.17) is 4.74 Å². The molecule has 0 aliphatic rings. The molecule has 1 atom stereocenters. The number of hydrogen-bond donors (Lipinski definition) is 0. The number of Topliss-reactive ketones (excluding diaryl/α,β-unsaturated/α-hetero) is 2. The summed E-state index contributed by atoms with van der Waals surface area (Å²) in [5, 5.41) is 0. The topological polar surface area (TPSA) is 63.7 Å². The van der Waals surface area contributed by atoms with E-state index >= 15 is 0 Å². The first-order chi connectivity index (χ1) is 17.4. The number of ether oxygens (including phenoxy) is 1. The summed E-state index contributed by atoms with van der Waals surface area (Å²) < 4.78 is 5.48. The van der Waals surface area contributed by atoms with E-state index in [9.17, 15) is 14.4 Å². The van der Waals surface area contributed by atoms with Gasteiger partial charge in [0, 0.05) is 30.4 Å². The molecule has 188 valence electrons. The number of benzene rings is 3. The van der Waals surface area contributed by atoms with E-state index < -0.39 is 5.97 Å². The lowest BCUT2D eigenvalue weighted by molar-refractivity contribution is 0.0734. The smallest absolute Gasteiger partial charge is 0.343 e. The number of esters is 1. The summed E-state index contributed by atoms with van der Waals surface area (Å²) in [6, 6.07) is 22.5. The van der Waals surface area contributed by atoms with Crippen LogP contribution < -0.4 is 9.64 Å². The van der Waals surface area contributed by atoms with Crippen molar-refractivity contribution in [3.05, 3.63) is 95.6 Å². The minimum absolute atomic E-state index is 0.207. The molecule has 0 aliphatic heterocycles. The summed E-state index contributed by atoms with van der Waals surface area (Å²) >= 11 is 0. The minimum Gasteiger partial charge on any atom is -0.423 e. The van der Waals surface area contributed by atoms with Crippen molar-refractivity contribution in [2.45, 2.75) is 46.0 Å². The average molecular weight is 486 g/mol. The fraction of sp³-hybridized carbons (Fsp3) is 0.323. The van der Waals surface area contributed by atoms with Gasteiger partial charge in [0.05, 0.1) is 12.0 Å². The largest absolute Gasteiger partial charge is 0.423 e. The molecule has 0 spiro atoms. The molecule has 0 amide bonds. The van der Waals surface area contributed by atoms with Crippen LogP contribution in [0.2, 0.25) is 0 Å². The molecule has 0 bridgehead atoms. The van der Waals surface area contributed by atoms with Gasteiger partial charge in [0.15, 0.2) is 11.6 Å². The summed E-state index contributed by atoms with van der Waals surface area (Å²) in [5.74, 6) is 0.0366. The van der Waals surface area contributed by atoms with Crippen LogP contribution in [0.25, 0.3) is 0 Å². The predicted molar refractivity (Wildman–Crippen MR) is 144 cm³/mol. The lowest BCUT2D eigenvalue weighted by Crippen LogP contribution is -2.25. The number of anilines is 1. The molecule has 0 saturated heterocycles. The second kappa shape index (κ2) is 13.4. The van der Waals surface area contributed by atoms with E-state index in [1.165, 1.54) is 19.3 Å². The van der Waals surface area contributed by atoms with Crippen molar-refractivity contribution in [1.29, 1.82) is 0 Å². The maximum atomic E-state index is 12.6. The maximum absolute atomic E-state index is 12.6.